The summed E-state index contributed by atoms with van der Waals surface area (Å²) in [6.07, 6.45) is -0.560. The Balaban J connectivity index is 0. The number of aliphatic hydroxyl groups excluding tert-OH is 2. The van der Waals surface area contributed by atoms with Crippen LogP contribution in [0.3, 0.4) is 0 Å². The van der Waals surface area contributed by atoms with Crippen LogP contribution >= 0.6 is 0 Å². The van der Waals surface area contributed by atoms with E-state index in [1.54, 1.807) is 0 Å². The smallest absolute Gasteiger partial charge is 0.0742 e. The van der Waals surface area contributed by atoms with Crippen molar-refractivity contribution in [3.63, 3.8) is 0 Å². The van der Waals surface area contributed by atoms with Gasteiger partial charge in [0, 0.05) is 29.6 Å². The first-order chi connectivity index (χ1) is 2.27. The van der Waals surface area contributed by atoms with Gasteiger partial charge in [-0.1, -0.05) is 0 Å². The van der Waals surface area contributed by atoms with Crippen molar-refractivity contribution in [1.82, 2.24) is 0 Å². The fraction of sp³-hybridized carbons (Fsp3) is 1.00. The number of aliphatic hydroxyl groups is 2. The molecule has 0 rings (SSSR count). The van der Waals surface area contributed by atoms with Gasteiger partial charge in [-0.15, -0.1) is 0 Å². The molecule has 6 heavy (non-hydrogen) atoms. The standard InChI is InChI=1S/C3H8O2.Na/c1-3(5)2-4;/h3-5H,2H2,1H3;. The Bertz CT molecular complexity index is 22.8. The van der Waals surface area contributed by atoms with E-state index in [4.69, 9.17) is 10.2 Å². The molecular formula is C3H8NaO2. The second-order valence-electron chi connectivity index (χ2n) is 1.03. The third kappa shape index (κ3) is 8.87. The van der Waals surface area contributed by atoms with Gasteiger partial charge < -0.3 is 10.2 Å². The van der Waals surface area contributed by atoms with Crippen LogP contribution in [0.1, 0.15) is 6.92 Å². The normalized spacial score (nSPS) is 12.5. The topological polar surface area (TPSA) is 40.5 Å². The van der Waals surface area contributed by atoms with Crippen molar-refractivity contribution < 1.29 is 10.2 Å². The van der Waals surface area contributed by atoms with E-state index in [-0.39, 0.29) is 36.2 Å². The molecule has 1 unspecified atom stereocenters. The van der Waals surface area contributed by atoms with Gasteiger partial charge in [0.25, 0.3) is 0 Å². The Morgan fingerprint density at radius 2 is 1.83 bits per heavy atom. The third-order valence-electron chi connectivity index (χ3n) is 0.264. The average molecular weight is 99.1 g/mol. The molecular weight excluding hydrogens is 91.0 g/mol. The van der Waals surface area contributed by atoms with Crippen LogP contribution in [0.2, 0.25) is 0 Å². The largest absolute Gasteiger partial charge is 0.394 e. The minimum atomic E-state index is -0.560. The van der Waals surface area contributed by atoms with Gasteiger partial charge >= 0.3 is 0 Å². The molecule has 33 valence electrons. The molecule has 0 aliphatic rings. The van der Waals surface area contributed by atoms with Crippen LogP contribution in [0.5, 0.6) is 0 Å². The molecule has 0 fully saturated rings. The van der Waals surface area contributed by atoms with Crippen molar-refractivity contribution in [3.05, 3.63) is 0 Å². The Hall–Kier alpha value is 0.920. The van der Waals surface area contributed by atoms with Crippen molar-refractivity contribution in [2.24, 2.45) is 0 Å². The molecule has 0 aliphatic heterocycles. The Morgan fingerprint density at radius 1 is 1.67 bits per heavy atom. The average Bonchev–Trinajstić information content (AvgIpc) is 1.38. The summed E-state index contributed by atoms with van der Waals surface area (Å²) in [5, 5.41) is 16.0. The van der Waals surface area contributed by atoms with E-state index in [1.165, 1.54) is 6.92 Å². The summed E-state index contributed by atoms with van der Waals surface area (Å²) < 4.78 is 0. The zero-order valence-electron chi connectivity index (χ0n) is 4.18. The van der Waals surface area contributed by atoms with Crippen LogP contribution in [0.15, 0.2) is 0 Å². The van der Waals surface area contributed by atoms with Gasteiger partial charge in [0.05, 0.1) is 12.7 Å². The van der Waals surface area contributed by atoms with Crippen molar-refractivity contribution >= 4 is 29.6 Å². The van der Waals surface area contributed by atoms with E-state index in [1.807, 2.05) is 0 Å². The summed E-state index contributed by atoms with van der Waals surface area (Å²) in [5.41, 5.74) is 0. The third-order valence-corrected chi connectivity index (χ3v) is 0.264. The predicted molar refractivity (Wildman–Crippen MR) is 24.5 cm³/mol. The summed E-state index contributed by atoms with van der Waals surface area (Å²) in [6.45, 7) is 1.39. The van der Waals surface area contributed by atoms with Crippen molar-refractivity contribution in [2.75, 3.05) is 6.61 Å². The fourth-order valence-corrected chi connectivity index (χ4v) is 0. The molecule has 0 heterocycles. The van der Waals surface area contributed by atoms with Crippen LogP contribution in [0, 0.1) is 0 Å². The van der Waals surface area contributed by atoms with E-state index >= 15 is 0 Å². The Morgan fingerprint density at radius 3 is 1.83 bits per heavy atom. The minimum Gasteiger partial charge on any atom is -0.394 e. The van der Waals surface area contributed by atoms with Crippen molar-refractivity contribution in [2.45, 2.75) is 13.0 Å². The molecule has 0 saturated heterocycles. The summed E-state index contributed by atoms with van der Waals surface area (Å²) in [7, 11) is 0. The van der Waals surface area contributed by atoms with Gasteiger partial charge in [-0.05, 0) is 6.92 Å². The van der Waals surface area contributed by atoms with E-state index in [0.717, 1.165) is 0 Å². The molecule has 0 saturated carbocycles. The van der Waals surface area contributed by atoms with Gasteiger partial charge in [-0.2, -0.15) is 0 Å². The Labute approximate surface area is 59.5 Å². The fourth-order valence-electron chi connectivity index (χ4n) is 0. The maximum atomic E-state index is 8.11. The van der Waals surface area contributed by atoms with Crippen LogP contribution in [0.4, 0.5) is 0 Å². The van der Waals surface area contributed by atoms with Gasteiger partial charge in [0.15, 0.2) is 0 Å². The molecule has 2 nitrogen and oxygen atoms in total. The molecule has 0 aromatic rings. The maximum absolute atomic E-state index is 8.11. The zero-order valence-corrected chi connectivity index (χ0v) is 6.18. The van der Waals surface area contributed by atoms with Crippen LogP contribution < -0.4 is 0 Å². The molecule has 0 spiro atoms. The first-order valence-corrected chi connectivity index (χ1v) is 1.56. The van der Waals surface area contributed by atoms with Gasteiger partial charge in [-0.3, -0.25) is 0 Å². The summed E-state index contributed by atoms with van der Waals surface area (Å²) >= 11 is 0. The Kier molecular flexibility index (Phi) is 9.89. The first kappa shape index (κ1) is 10.0. The second-order valence-corrected chi connectivity index (χ2v) is 1.03. The second kappa shape index (κ2) is 5.92. The van der Waals surface area contributed by atoms with Crippen molar-refractivity contribution in [1.29, 1.82) is 0 Å². The summed E-state index contributed by atoms with van der Waals surface area (Å²) in [6, 6.07) is 0. The van der Waals surface area contributed by atoms with E-state index in [2.05, 4.69) is 0 Å². The van der Waals surface area contributed by atoms with Crippen molar-refractivity contribution in [3.8, 4) is 0 Å². The number of hydrogen-bond acceptors (Lipinski definition) is 2. The van der Waals surface area contributed by atoms with E-state index < -0.39 is 6.10 Å². The SMILES string of the molecule is CC(O)CO.[Na]. The molecule has 1 radical (unpaired) electrons. The van der Waals surface area contributed by atoms with E-state index in [9.17, 15) is 0 Å². The first-order valence-electron chi connectivity index (χ1n) is 1.56. The molecule has 0 bridgehead atoms. The monoisotopic (exact) mass is 99.0 g/mol. The predicted octanol–water partition coefficient (Wildman–Crippen LogP) is -1.02. The van der Waals surface area contributed by atoms with E-state index in [0.29, 0.717) is 0 Å². The molecule has 0 amide bonds. The molecule has 2 N–H and O–H groups in total. The molecule has 1 atom stereocenters. The van der Waals surface area contributed by atoms with Crippen LogP contribution in [0.25, 0.3) is 0 Å². The molecule has 3 heteroatoms. The van der Waals surface area contributed by atoms with Crippen LogP contribution in [-0.4, -0.2) is 52.5 Å². The molecule has 0 aromatic heterocycles. The molecule has 0 aromatic carbocycles. The van der Waals surface area contributed by atoms with Gasteiger partial charge in [-0.25, -0.2) is 0 Å². The minimum absolute atomic E-state index is 0. The summed E-state index contributed by atoms with van der Waals surface area (Å²) in [5.74, 6) is 0. The zero-order chi connectivity index (χ0) is 4.28. The van der Waals surface area contributed by atoms with Gasteiger partial charge in [0.2, 0.25) is 0 Å². The summed E-state index contributed by atoms with van der Waals surface area (Å²) in [4.78, 5) is 0. The quantitative estimate of drug-likeness (QED) is 0.413. The van der Waals surface area contributed by atoms with Crippen LogP contribution in [-0.2, 0) is 0 Å². The maximum Gasteiger partial charge on any atom is 0.0742 e. The molecule has 0 aliphatic carbocycles. The van der Waals surface area contributed by atoms with Gasteiger partial charge in [0.1, 0.15) is 0 Å². The number of rotatable bonds is 1. The number of hydrogen-bond donors (Lipinski definition) is 2.